The van der Waals surface area contributed by atoms with Gasteiger partial charge in [-0.25, -0.2) is 0 Å². The molecule has 1 aromatic rings. The molecule has 4 heteroatoms. The van der Waals surface area contributed by atoms with Crippen LogP contribution in [0.3, 0.4) is 0 Å². The van der Waals surface area contributed by atoms with Crippen molar-refractivity contribution in [2.24, 2.45) is 0 Å². The van der Waals surface area contributed by atoms with Gasteiger partial charge in [-0.3, -0.25) is 0 Å². The molecule has 0 saturated heterocycles. The number of nitrogens with zero attached hydrogens (tertiary/aromatic N) is 1. The molecule has 0 spiro atoms. The zero-order valence-corrected chi connectivity index (χ0v) is 11.6. The Morgan fingerprint density at radius 2 is 2.24 bits per heavy atom. The summed E-state index contributed by atoms with van der Waals surface area (Å²) in [4.78, 5) is 0. The highest BCUT2D eigenvalue weighted by molar-refractivity contribution is 9.10. The highest BCUT2D eigenvalue weighted by atomic mass is 79.9. The van der Waals surface area contributed by atoms with Gasteiger partial charge in [-0.1, -0.05) is 29.3 Å². The van der Waals surface area contributed by atoms with E-state index in [0.717, 1.165) is 36.2 Å². The summed E-state index contributed by atoms with van der Waals surface area (Å²) < 4.78 is 6.35. The molecular weight excluding hydrogens is 280 g/mol. The minimum atomic E-state index is 0.646. The average Bonchev–Trinajstić information content (AvgIpc) is 2.35. The number of rotatable bonds is 7. The first-order valence-electron chi connectivity index (χ1n) is 5.79. The van der Waals surface area contributed by atoms with E-state index in [4.69, 9.17) is 10.00 Å². The molecule has 0 radical (unpaired) electrons. The van der Waals surface area contributed by atoms with Crippen molar-refractivity contribution in [1.29, 1.82) is 5.26 Å². The van der Waals surface area contributed by atoms with E-state index < -0.39 is 0 Å². The van der Waals surface area contributed by atoms with Crippen LogP contribution in [-0.4, -0.2) is 19.8 Å². The zero-order chi connectivity index (χ0) is 12.5. The molecule has 0 fully saturated rings. The van der Waals surface area contributed by atoms with E-state index in [1.807, 2.05) is 12.1 Å². The van der Waals surface area contributed by atoms with Crippen molar-refractivity contribution >= 4 is 21.6 Å². The van der Waals surface area contributed by atoms with Crippen LogP contribution in [0.5, 0.6) is 0 Å². The predicted octanol–water partition coefficient (Wildman–Crippen LogP) is 3.55. The van der Waals surface area contributed by atoms with Crippen molar-refractivity contribution in [2.75, 3.05) is 25.1 Å². The van der Waals surface area contributed by atoms with Gasteiger partial charge in [-0.15, -0.1) is 0 Å². The molecule has 1 rings (SSSR count). The lowest BCUT2D eigenvalue weighted by Gasteiger charge is -2.08. The summed E-state index contributed by atoms with van der Waals surface area (Å²) in [5.41, 5.74) is 1.50. The van der Waals surface area contributed by atoms with Crippen LogP contribution in [-0.2, 0) is 4.74 Å². The van der Waals surface area contributed by atoms with E-state index in [2.05, 4.69) is 34.2 Å². The van der Waals surface area contributed by atoms with E-state index in [1.165, 1.54) is 0 Å². The van der Waals surface area contributed by atoms with Gasteiger partial charge >= 0.3 is 0 Å². The Bertz CT molecular complexity index is 387. The fourth-order valence-electron chi connectivity index (χ4n) is 1.37. The highest BCUT2D eigenvalue weighted by Gasteiger charge is 2.01. The highest BCUT2D eigenvalue weighted by Crippen LogP contribution is 2.19. The van der Waals surface area contributed by atoms with Gasteiger partial charge in [0.25, 0.3) is 0 Å². The van der Waals surface area contributed by atoms with Crippen LogP contribution in [0.4, 0.5) is 5.69 Å². The largest absolute Gasteiger partial charge is 0.382 e. The lowest BCUT2D eigenvalue weighted by molar-refractivity contribution is 0.141. The number of halogens is 1. The second kappa shape index (κ2) is 8.10. The first kappa shape index (κ1) is 14.0. The smallest absolute Gasteiger partial charge is 0.101 e. The number of anilines is 1. The minimum Gasteiger partial charge on any atom is -0.382 e. The molecule has 0 aromatic heterocycles. The lowest BCUT2D eigenvalue weighted by Crippen LogP contribution is -2.10. The van der Waals surface area contributed by atoms with Gasteiger partial charge in [0.05, 0.1) is 17.9 Å². The molecule has 0 aliphatic carbocycles. The Balaban J connectivity index is 2.34. The molecule has 17 heavy (non-hydrogen) atoms. The summed E-state index contributed by atoms with van der Waals surface area (Å²) in [5.74, 6) is 0. The van der Waals surface area contributed by atoms with Crippen LogP contribution in [0.25, 0.3) is 0 Å². The standard InChI is InChI=1S/C13H17BrN2O/c1-2-3-7-17-8-6-16-13-5-4-12(14)9-11(13)10-15/h4-5,9,16H,2-3,6-8H2,1H3. The van der Waals surface area contributed by atoms with Crippen LogP contribution >= 0.6 is 15.9 Å². The molecule has 1 aromatic carbocycles. The Hall–Kier alpha value is -1.05. The molecule has 0 heterocycles. The molecule has 0 amide bonds. The first-order valence-corrected chi connectivity index (χ1v) is 6.58. The maximum absolute atomic E-state index is 8.97. The number of hydrogen-bond donors (Lipinski definition) is 1. The maximum Gasteiger partial charge on any atom is 0.101 e. The summed E-state index contributed by atoms with van der Waals surface area (Å²) in [6, 6.07) is 7.79. The van der Waals surface area contributed by atoms with Gasteiger partial charge in [-0.2, -0.15) is 5.26 Å². The Labute approximate surface area is 111 Å². The Morgan fingerprint density at radius 3 is 2.94 bits per heavy atom. The van der Waals surface area contributed by atoms with Gasteiger partial charge in [0.2, 0.25) is 0 Å². The van der Waals surface area contributed by atoms with Crippen molar-refractivity contribution in [3.63, 3.8) is 0 Å². The summed E-state index contributed by atoms with van der Waals surface area (Å²) in [6.07, 6.45) is 2.25. The van der Waals surface area contributed by atoms with Gasteiger partial charge < -0.3 is 10.1 Å². The summed E-state index contributed by atoms with van der Waals surface area (Å²) in [5, 5.41) is 12.2. The van der Waals surface area contributed by atoms with Crippen LogP contribution in [0.2, 0.25) is 0 Å². The molecule has 0 atom stereocenters. The van der Waals surface area contributed by atoms with E-state index in [9.17, 15) is 0 Å². The van der Waals surface area contributed by atoms with E-state index in [0.29, 0.717) is 12.2 Å². The molecule has 0 bridgehead atoms. The third kappa shape index (κ3) is 5.20. The first-order chi connectivity index (χ1) is 8.27. The molecule has 0 aliphatic rings. The van der Waals surface area contributed by atoms with Crippen molar-refractivity contribution in [2.45, 2.75) is 19.8 Å². The van der Waals surface area contributed by atoms with Crippen LogP contribution in [0, 0.1) is 11.3 Å². The van der Waals surface area contributed by atoms with E-state index in [-0.39, 0.29) is 0 Å². The maximum atomic E-state index is 8.97. The lowest BCUT2D eigenvalue weighted by atomic mass is 10.2. The van der Waals surface area contributed by atoms with Crippen LogP contribution < -0.4 is 5.32 Å². The van der Waals surface area contributed by atoms with E-state index in [1.54, 1.807) is 6.07 Å². The van der Waals surface area contributed by atoms with Gasteiger partial charge in [-0.05, 0) is 24.6 Å². The van der Waals surface area contributed by atoms with Crippen molar-refractivity contribution in [1.82, 2.24) is 0 Å². The molecule has 0 saturated carbocycles. The minimum absolute atomic E-state index is 0.646. The number of benzene rings is 1. The van der Waals surface area contributed by atoms with E-state index >= 15 is 0 Å². The Morgan fingerprint density at radius 1 is 1.41 bits per heavy atom. The number of hydrogen-bond acceptors (Lipinski definition) is 3. The average molecular weight is 297 g/mol. The fourth-order valence-corrected chi connectivity index (χ4v) is 1.73. The molecule has 0 aliphatic heterocycles. The summed E-state index contributed by atoms with van der Waals surface area (Å²) in [6.45, 7) is 4.34. The molecule has 0 unspecified atom stereocenters. The Kier molecular flexibility index (Phi) is 6.68. The van der Waals surface area contributed by atoms with Crippen molar-refractivity contribution in [3.05, 3.63) is 28.2 Å². The topological polar surface area (TPSA) is 45.0 Å². The summed E-state index contributed by atoms with van der Waals surface area (Å²) >= 11 is 3.34. The second-order valence-electron chi connectivity index (χ2n) is 3.69. The normalized spacial score (nSPS) is 9.94. The SMILES string of the molecule is CCCCOCCNc1ccc(Br)cc1C#N. The zero-order valence-electron chi connectivity index (χ0n) is 10.0. The number of nitriles is 1. The van der Waals surface area contributed by atoms with Gasteiger partial charge in [0, 0.05) is 17.6 Å². The number of nitrogens with one attached hydrogen (secondary N) is 1. The predicted molar refractivity (Wildman–Crippen MR) is 73.1 cm³/mol. The van der Waals surface area contributed by atoms with Crippen molar-refractivity contribution in [3.8, 4) is 6.07 Å². The second-order valence-corrected chi connectivity index (χ2v) is 4.61. The van der Waals surface area contributed by atoms with Gasteiger partial charge in [0.1, 0.15) is 6.07 Å². The molecule has 92 valence electrons. The summed E-state index contributed by atoms with van der Waals surface area (Å²) in [7, 11) is 0. The van der Waals surface area contributed by atoms with Crippen LogP contribution in [0.15, 0.2) is 22.7 Å². The molecule has 1 N–H and O–H groups in total. The van der Waals surface area contributed by atoms with Gasteiger partial charge in [0.15, 0.2) is 0 Å². The monoisotopic (exact) mass is 296 g/mol. The fraction of sp³-hybridized carbons (Fsp3) is 0.462. The number of unbranched alkanes of at least 4 members (excludes halogenated alkanes) is 1. The van der Waals surface area contributed by atoms with Crippen molar-refractivity contribution < 1.29 is 4.74 Å². The molecular formula is C13H17BrN2O. The molecule has 3 nitrogen and oxygen atoms in total. The quantitative estimate of drug-likeness (QED) is 0.783. The third-order valence-corrected chi connectivity index (χ3v) is 2.80. The number of ether oxygens (including phenoxy) is 1. The van der Waals surface area contributed by atoms with Crippen LogP contribution in [0.1, 0.15) is 25.3 Å². The third-order valence-electron chi connectivity index (χ3n) is 2.31.